The number of hydrogen-bond acceptors (Lipinski definition) is 5. The summed E-state index contributed by atoms with van der Waals surface area (Å²) in [5.74, 6) is -0.915. The average molecular weight is 411 g/mol. The number of esters is 2. The monoisotopic (exact) mass is 410 g/mol. The van der Waals surface area contributed by atoms with Crippen molar-refractivity contribution in [3.05, 3.63) is 59.7 Å². The van der Waals surface area contributed by atoms with Crippen LogP contribution in [0.25, 0.3) is 0 Å². The standard InChI is InChI=1S/C25H30O5/c1-16(2)12-13-25(3,4)22(26)11-10-18-19-14-23(27)29-21(19)15-20(18)30-24(28)17-8-6-5-7-9-17/h5-12,18-21H,13-15H2,1-4H3/b11-10+/t18-,19-,20-,21+/m1/s1. The van der Waals surface area contributed by atoms with Gasteiger partial charge in [-0.1, -0.05) is 49.8 Å². The fraction of sp³-hybridized carbons (Fsp3) is 0.480. The molecule has 1 aromatic carbocycles. The van der Waals surface area contributed by atoms with E-state index in [4.69, 9.17) is 9.47 Å². The molecule has 160 valence electrons. The number of hydrogen-bond donors (Lipinski definition) is 0. The Balaban J connectivity index is 1.75. The predicted molar refractivity (Wildman–Crippen MR) is 114 cm³/mol. The van der Waals surface area contributed by atoms with Crippen molar-refractivity contribution in [1.29, 1.82) is 0 Å². The van der Waals surface area contributed by atoms with Gasteiger partial charge in [-0.15, -0.1) is 0 Å². The van der Waals surface area contributed by atoms with E-state index < -0.39 is 17.5 Å². The quantitative estimate of drug-likeness (QED) is 0.371. The van der Waals surface area contributed by atoms with Gasteiger partial charge < -0.3 is 9.47 Å². The van der Waals surface area contributed by atoms with Gasteiger partial charge in [0.2, 0.25) is 0 Å². The second-order valence-electron chi connectivity index (χ2n) is 9.11. The lowest BCUT2D eigenvalue weighted by Gasteiger charge is -2.22. The molecule has 2 fully saturated rings. The Morgan fingerprint density at radius 2 is 1.90 bits per heavy atom. The molecule has 0 bridgehead atoms. The molecular formula is C25H30O5. The summed E-state index contributed by atoms with van der Waals surface area (Å²) in [6.45, 7) is 7.87. The van der Waals surface area contributed by atoms with Gasteiger partial charge in [0, 0.05) is 23.7 Å². The van der Waals surface area contributed by atoms with Gasteiger partial charge in [-0.25, -0.2) is 4.79 Å². The van der Waals surface area contributed by atoms with E-state index in [-0.39, 0.29) is 36.1 Å². The maximum absolute atomic E-state index is 12.8. The number of benzene rings is 1. The smallest absolute Gasteiger partial charge is 0.338 e. The Hall–Kier alpha value is -2.69. The molecule has 0 spiro atoms. The van der Waals surface area contributed by atoms with E-state index in [0.29, 0.717) is 18.4 Å². The van der Waals surface area contributed by atoms with Gasteiger partial charge in [0.25, 0.3) is 0 Å². The molecule has 4 atom stereocenters. The zero-order chi connectivity index (χ0) is 21.9. The van der Waals surface area contributed by atoms with Crippen molar-refractivity contribution in [1.82, 2.24) is 0 Å². The number of ether oxygens (including phenoxy) is 2. The molecule has 1 aliphatic carbocycles. The summed E-state index contributed by atoms with van der Waals surface area (Å²) in [5, 5.41) is 0. The van der Waals surface area contributed by atoms with Crippen molar-refractivity contribution < 1.29 is 23.9 Å². The van der Waals surface area contributed by atoms with Gasteiger partial charge in [-0.2, -0.15) is 0 Å². The van der Waals surface area contributed by atoms with Crippen LogP contribution in [0.4, 0.5) is 0 Å². The molecule has 3 rings (SSSR count). The van der Waals surface area contributed by atoms with E-state index >= 15 is 0 Å². The van der Waals surface area contributed by atoms with Gasteiger partial charge in [0.15, 0.2) is 5.78 Å². The van der Waals surface area contributed by atoms with Crippen molar-refractivity contribution in [3.8, 4) is 0 Å². The maximum Gasteiger partial charge on any atom is 0.338 e. The molecule has 0 aromatic heterocycles. The van der Waals surface area contributed by atoms with Gasteiger partial charge in [0.05, 0.1) is 12.0 Å². The molecule has 2 aliphatic rings. The molecule has 0 radical (unpaired) electrons. The van der Waals surface area contributed by atoms with E-state index in [9.17, 15) is 14.4 Å². The second-order valence-corrected chi connectivity index (χ2v) is 9.11. The number of carbonyl (C=O) groups excluding carboxylic acids is 3. The Kier molecular flexibility index (Phi) is 6.59. The SMILES string of the molecule is CC(C)=CCC(C)(C)C(=O)/C=C/[C@@H]1[C@H]2CC(=O)O[C@H]2C[C@H]1OC(=O)c1ccccc1. The molecule has 1 saturated carbocycles. The molecule has 1 heterocycles. The molecule has 0 unspecified atom stereocenters. The Labute approximate surface area is 178 Å². The lowest BCUT2D eigenvalue weighted by atomic mass is 9.82. The van der Waals surface area contributed by atoms with E-state index in [2.05, 4.69) is 6.08 Å². The molecule has 5 heteroatoms. The van der Waals surface area contributed by atoms with Crippen LogP contribution in [-0.4, -0.2) is 29.9 Å². The van der Waals surface area contributed by atoms with E-state index in [1.165, 1.54) is 5.57 Å². The van der Waals surface area contributed by atoms with Gasteiger partial charge >= 0.3 is 11.9 Å². The topological polar surface area (TPSA) is 69.7 Å². The summed E-state index contributed by atoms with van der Waals surface area (Å²) in [4.78, 5) is 37.1. The minimum Gasteiger partial charge on any atom is -0.462 e. The first-order chi connectivity index (χ1) is 14.2. The molecule has 30 heavy (non-hydrogen) atoms. The van der Waals surface area contributed by atoms with E-state index in [1.54, 1.807) is 30.3 Å². The summed E-state index contributed by atoms with van der Waals surface area (Å²) < 4.78 is 11.2. The van der Waals surface area contributed by atoms with Crippen molar-refractivity contribution in [2.24, 2.45) is 17.3 Å². The van der Waals surface area contributed by atoms with Crippen LogP contribution in [0.1, 0.15) is 57.3 Å². The third-order valence-electron chi connectivity index (χ3n) is 5.98. The fourth-order valence-corrected chi connectivity index (χ4v) is 4.05. The van der Waals surface area contributed by atoms with E-state index in [0.717, 1.165) is 0 Å². The van der Waals surface area contributed by atoms with Crippen molar-refractivity contribution in [2.45, 2.75) is 59.2 Å². The highest BCUT2D eigenvalue weighted by atomic mass is 16.6. The van der Waals surface area contributed by atoms with Gasteiger partial charge in [0.1, 0.15) is 12.2 Å². The molecule has 5 nitrogen and oxygen atoms in total. The number of allylic oxidation sites excluding steroid dienone is 3. The molecule has 1 aromatic rings. The molecule has 1 aliphatic heterocycles. The summed E-state index contributed by atoms with van der Waals surface area (Å²) in [5.41, 5.74) is 1.13. The van der Waals surface area contributed by atoms with Crippen LogP contribution < -0.4 is 0 Å². The van der Waals surface area contributed by atoms with Gasteiger partial charge in [-0.05, 0) is 38.5 Å². The first-order valence-electron chi connectivity index (χ1n) is 10.5. The zero-order valence-corrected chi connectivity index (χ0v) is 18.1. The van der Waals surface area contributed by atoms with Crippen LogP contribution in [0.15, 0.2) is 54.1 Å². The first-order valence-corrected chi connectivity index (χ1v) is 10.5. The highest BCUT2D eigenvalue weighted by Crippen LogP contribution is 2.44. The summed E-state index contributed by atoms with van der Waals surface area (Å²) >= 11 is 0. The molecule has 0 amide bonds. The molecule has 0 N–H and O–H groups in total. The maximum atomic E-state index is 12.8. The van der Waals surface area contributed by atoms with Crippen LogP contribution in [0.5, 0.6) is 0 Å². The zero-order valence-electron chi connectivity index (χ0n) is 18.1. The van der Waals surface area contributed by atoms with Crippen LogP contribution in [-0.2, 0) is 19.1 Å². The molecule has 1 saturated heterocycles. The van der Waals surface area contributed by atoms with Crippen LogP contribution in [0, 0.1) is 17.3 Å². The Morgan fingerprint density at radius 3 is 2.57 bits per heavy atom. The van der Waals surface area contributed by atoms with Crippen LogP contribution in [0.3, 0.4) is 0 Å². The normalized spacial score (nSPS) is 25.7. The minimum atomic E-state index is -0.524. The predicted octanol–water partition coefficient (Wildman–Crippen LogP) is 4.67. The van der Waals surface area contributed by atoms with Crippen molar-refractivity contribution >= 4 is 17.7 Å². The average Bonchev–Trinajstić information content (AvgIpc) is 3.20. The summed E-state index contributed by atoms with van der Waals surface area (Å²) in [6, 6.07) is 8.82. The lowest BCUT2D eigenvalue weighted by molar-refractivity contribution is -0.141. The second kappa shape index (κ2) is 8.99. The van der Waals surface area contributed by atoms with Crippen molar-refractivity contribution in [2.75, 3.05) is 0 Å². The highest BCUT2D eigenvalue weighted by molar-refractivity contribution is 5.94. The van der Waals surface area contributed by atoms with E-state index in [1.807, 2.05) is 39.8 Å². The third kappa shape index (κ3) is 5.07. The Bertz CT molecular complexity index is 861. The number of carbonyl (C=O) groups is 3. The lowest BCUT2D eigenvalue weighted by Crippen LogP contribution is -2.26. The fourth-order valence-electron chi connectivity index (χ4n) is 4.05. The van der Waals surface area contributed by atoms with Crippen molar-refractivity contribution in [3.63, 3.8) is 0 Å². The number of fused-ring (bicyclic) bond motifs is 1. The number of ketones is 1. The van der Waals surface area contributed by atoms with Gasteiger partial charge in [-0.3, -0.25) is 9.59 Å². The van der Waals surface area contributed by atoms with Crippen LogP contribution in [0.2, 0.25) is 0 Å². The molecular weight excluding hydrogens is 380 g/mol. The first kappa shape index (κ1) is 22.0. The third-order valence-corrected chi connectivity index (χ3v) is 5.98. The summed E-state index contributed by atoms with van der Waals surface area (Å²) in [6.07, 6.45) is 6.18. The number of rotatable bonds is 7. The Morgan fingerprint density at radius 1 is 1.20 bits per heavy atom. The minimum absolute atomic E-state index is 0.0156. The summed E-state index contributed by atoms with van der Waals surface area (Å²) in [7, 11) is 0. The highest BCUT2D eigenvalue weighted by Gasteiger charge is 2.50. The largest absolute Gasteiger partial charge is 0.462 e. The van der Waals surface area contributed by atoms with Crippen LogP contribution >= 0.6 is 0 Å².